The minimum Gasteiger partial charge on any atom is -0.397 e. The molecule has 5 nitrogen and oxygen atoms in total. The third-order valence-electron chi connectivity index (χ3n) is 3.40. The number of nitrogens with one attached hydrogen (secondary N) is 1. The molecular weight excluding hydrogens is 228 g/mol. The fourth-order valence-corrected chi connectivity index (χ4v) is 2.38. The number of carbonyl (C=O) groups excluding carboxylic acids is 1. The lowest BCUT2D eigenvalue weighted by molar-refractivity contribution is 0.0683. The number of nitrogens with two attached hydrogens (primary N) is 2. The molecule has 5 heteroatoms. The lowest BCUT2D eigenvalue weighted by Crippen LogP contribution is -2.39. The number of hydrogen-bond acceptors (Lipinski definition) is 4. The van der Waals surface area contributed by atoms with Crippen LogP contribution in [0.4, 0.5) is 11.4 Å². The van der Waals surface area contributed by atoms with Crippen molar-refractivity contribution < 1.29 is 4.79 Å². The van der Waals surface area contributed by atoms with E-state index in [1.807, 2.05) is 4.90 Å². The summed E-state index contributed by atoms with van der Waals surface area (Å²) < 4.78 is 0. The Labute approximate surface area is 107 Å². The van der Waals surface area contributed by atoms with Crippen molar-refractivity contribution in [1.82, 2.24) is 4.90 Å². The maximum Gasteiger partial charge on any atom is 0.253 e. The predicted molar refractivity (Wildman–Crippen MR) is 73.0 cm³/mol. The summed E-state index contributed by atoms with van der Waals surface area (Å²) >= 11 is 0. The smallest absolute Gasteiger partial charge is 0.253 e. The minimum atomic E-state index is 0.0526. The molecule has 1 aromatic carbocycles. The molecule has 1 aliphatic heterocycles. The Kier molecular flexibility index (Phi) is 3.72. The number of nitrogens with zero attached hydrogens (tertiary/aromatic N) is 1. The van der Waals surface area contributed by atoms with E-state index < -0.39 is 0 Å². The first-order valence-corrected chi connectivity index (χ1v) is 6.27. The van der Waals surface area contributed by atoms with Gasteiger partial charge in [-0.15, -0.1) is 0 Å². The first-order chi connectivity index (χ1) is 8.61. The fourth-order valence-electron chi connectivity index (χ4n) is 2.38. The zero-order chi connectivity index (χ0) is 13.1. The van der Waals surface area contributed by atoms with Crippen molar-refractivity contribution in [3.05, 3.63) is 23.8 Å². The van der Waals surface area contributed by atoms with Crippen molar-refractivity contribution >= 4 is 17.3 Å². The summed E-state index contributed by atoms with van der Waals surface area (Å²) in [7, 11) is 0. The van der Waals surface area contributed by atoms with Gasteiger partial charge in [0.25, 0.3) is 5.91 Å². The van der Waals surface area contributed by atoms with Gasteiger partial charge in [0.15, 0.2) is 0 Å². The average molecular weight is 248 g/mol. The Morgan fingerprint density at radius 1 is 1.50 bits per heavy atom. The summed E-state index contributed by atoms with van der Waals surface area (Å²) in [5.74, 6) is 5.94. The molecule has 1 aromatic rings. The molecule has 1 aliphatic rings. The van der Waals surface area contributed by atoms with E-state index in [4.69, 9.17) is 11.6 Å². The van der Waals surface area contributed by atoms with Gasteiger partial charge in [0.2, 0.25) is 0 Å². The SMILES string of the molecule is CC1CCCN(C(=O)c2ccc(NN)c(N)c2)C1. The second kappa shape index (κ2) is 5.27. The quantitative estimate of drug-likeness (QED) is 0.420. The molecule has 0 bridgehead atoms. The molecule has 1 saturated heterocycles. The lowest BCUT2D eigenvalue weighted by atomic mass is 9.99. The molecule has 0 spiro atoms. The van der Waals surface area contributed by atoms with Gasteiger partial charge >= 0.3 is 0 Å². The number of benzene rings is 1. The van der Waals surface area contributed by atoms with Crippen LogP contribution in [-0.2, 0) is 0 Å². The third kappa shape index (κ3) is 2.56. The van der Waals surface area contributed by atoms with Gasteiger partial charge in [-0.2, -0.15) is 0 Å². The summed E-state index contributed by atoms with van der Waals surface area (Å²) in [6.45, 7) is 3.84. The van der Waals surface area contributed by atoms with Crippen LogP contribution in [0.1, 0.15) is 30.1 Å². The molecule has 5 N–H and O–H groups in total. The molecule has 1 fully saturated rings. The summed E-state index contributed by atoms with van der Waals surface area (Å²) in [5.41, 5.74) is 10.1. The molecule has 1 amide bonds. The number of likely N-dealkylation sites (tertiary alicyclic amines) is 1. The standard InChI is InChI=1S/C13H20N4O/c1-9-3-2-6-17(8-9)13(18)10-4-5-12(16-15)11(14)7-10/h4-5,7,9,16H,2-3,6,8,14-15H2,1H3. The fraction of sp³-hybridized carbons (Fsp3) is 0.462. The Morgan fingerprint density at radius 3 is 2.89 bits per heavy atom. The highest BCUT2D eigenvalue weighted by molar-refractivity contribution is 5.96. The van der Waals surface area contributed by atoms with Crippen LogP contribution >= 0.6 is 0 Å². The number of anilines is 2. The molecule has 98 valence electrons. The zero-order valence-electron chi connectivity index (χ0n) is 10.6. The molecule has 0 saturated carbocycles. The van der Waals surface area contributed by atoms with Gasteiger partial charge in [0.1, 0.15) is 0 Å². The molecule has 18 heavy (non-hydrogen) atoms. The van der Waals surface area contributed by atoms with Crippen LogP contribution in [0.2, 0.25) is 0 Å². The topological polar surface area (TPSA) is 84.4 Å². The number of carbonyl (C=O) groups is 1. The Hall–Kier alpha value is -1.75. The Morgan fingerprint density at radius 2 is 2.28 bits per heavy atom. The van der Waals surface area contributed by atoms with E-state index in [0.29, 0.717) is 22.9 Å². The molecule has 0 aliphatic carbocycles. The van der Waals surface area contributed by atoms with Gasteiger partial charge in [-0.3, -0.25) is 10.6 Å². The third-order valence-corrected chi connectivity index (χ3v) is 3.40. The van der Waals surface area contributed by atoms with Crippen molar-refractivity contribution in [2.24, 2.45) is 11.8 Å². The second-order valence-electron chi connectivity index (χ2n) is 4.94. The van der Waals surface area contributed by atoms with Crippen LogP contribution in [0.3, 0.4) is 0 Å². The van der Waals surface area contributed by atoms with Crippen molar-refractivity contribution in [2.75, 3.05) is 24.2 Å². The van der Waals surface area contributed by atoms with Crippen LogP contribution < -0.4 is 17.0 Å². The molecule has 1 unspecified atom stereocenters. The van der Waals surface area contributed by atoms with E-state index in [2.05, 4.69) is 12.3 Å². The van der Waals surface area contributed by atoms with E-state index in [9.17, 15) is 4.79 Å². The molecule has 0 radical (unpaired) electrons. The highest BCUT2D eigenvalue weighted by atomic mass is 16.2. The number of nitrogen functional groups attached to an aromatic ring is 2. The second-order valence-corrected chi connectivity index (χ2v) is 4.94. The van der Waals surface area contributed by atoms with Gasteiger partial charge < -0.3 is 16.1 Å². The predicted octanol–water partition coefficient (Wildman–Crippen LogP) is 1.43. The van der Waals surface area contributed by atoms with E-state index in [1.165, 1.54) is 6.42 Å². The normalized spacial score (nSPS) is 19.7. The average Bonchev–Trinajstić information content (AvgIpc) is 2.37. The van der Waals surface area contributed by atoms with E-state index >= 15 is 0 Å². The lowest BCUT2D eigenvalue weighted by Gasteiger charge is -2.31. The molecule has 2 rings (SSSR count). The summed E-state index contributed by atoms with van der Waals surface area (Å²) in [5, 5.41) is 0. The minimum absolute atomic E-state index is 0.0526. The van der Waals surface area contributed by atoms with Crippen molar-refractivity contribution in [3.63, 3.8) is 0 Å². The summed E-state index contributed by atoms with van der Waals surface area (Å²) in [4.78, 5) is 14.2. The zero-order valence-corrected chi connectivity index (χ0v) is 10.6. The number of hydrogen-bond donors (Lipinski definition) is 3. The van der Waals surface area contributed by atoms with E-state index in [0.717, 1.165) is 19.5 Å². The maximum absolute atomic E-state index is 12.3. The summed E-state index contributed by atoms with van der Waals surface area (Å²) in [6, 6.07) is 5.17. The van der Waals surface area contributed by atoms with Gasteiger partial charge in [0.05, 0.1) is 11.4 Å². The van der Waals surface area contributed by atoms with Gasteiger partial charge in [0, 0.05) is 18.7 Å². The summed E-state index contributed by atoms with van der Waals surface area (Å²) in [6.07, 6.45) is 2.27. The first-order valence-electron chi connectivity index (χ1n) is 6.27. The number of piperidine rings is 1. The highest BCUT2D eigenvalue weighted by Gasteiger charge is 2.22. The van der Waals surface area contributed by atoms with Crippen molar-refractivity contribution in [1.29, 1.82) is 0 Å². The Balaban J connectivity index is 2.15. The van der Waals surface area contributed by atoms with Gasteiger partial charge in [-0.25, -0.2) is 0 Å². The highest BCUT2D eigenvalue weighted by Crippen LogP contribution is 2.22. The maximum atomic E-state index is 12.3. The van der Waals surface area contributed by atoms with E-state index in [1.54, 1.807) is 18.2 Å². The van der Waals surface area contributed by atoms with E-state index in [-0.39, 0.29) is 5.91 Å². The Bertz CT molecular complexity index is 447. The van der Waals surface area contributed by atoms with Crippen LogP contribution in [0, 0.1) is 5.92 Å². The molecule has 1 heterocycles. The van der Waals surface area contributed by atoms with Crippen LogP contribution in [0.5, 0.6) is 0 Å². The van der Waals surface area contributed by atoms with Crippen LogP contribution in [0.15, 0.2) is 18.2 Å². The van der Waals surface area contributed by atoms with Crippen LogP contribution in [-0.4, -0.2) is 23.9 Å². The molecule has 0 aromatic heterocycles. The number of rotatable bonds is 2. The first kappa shape index (κ1) is 12.7. The van der Waals surface area contributed by atoms with Gasteiger partial charge in [-0.1, -0.05) is 6.92 Å². The molecular formula is C13H20N4O. The van der Waals surface area contributed by atoms with Crippen molar-refractivity contribution in [2.45, 2.75) is 19.8 Å². The monoisotopic (exact) mass is 248 g/mol. The number of hydrazine groups is 1. The van der Waals surface area contributed by atoms with Gasteiger partial charge in [-0.05, 0) is 37.0 Å². The molecule has 1 atom stereocenters. The number of amides is 1. The largest absolute Gasteiger partial charge is 0.397 e. The van der Waals surface area contributed by atoms with Crippen molar-refractivity contribution in [3.8, 4) is 0 Å². The van der Waals surface area contributed by atoms with Crippen LogP contribution in [0.25, 0.3) is 0 Å².